The number of rotatable bonds is 11. The third-order valence-electron chi connectivity index (χ3n) is 5.58. The Hall–Kier alpha value is -4.72. The number of ether oxygens (including phenoxy) is 3. The van der Waals surface area contributed by atoms with Gasteiger partial charge in [-0.1, -0.05) is 36.4 Å². The first kappa shape index (κ1) is 25.4. The number of benzene rings is 3. The minimum Gasteiger partial charge on any atom is -0.493 e. The zero-order valence-electron chi connectivity index (χ0n) is 20.7. The summed E-state index contributed by atoms with van der Waals surface area (Å²) in [6.45, 7) is 0.593. The van der Waals surface area contributed by atoms with Gasteiger partial charge in [-0.15, -0.1) is 0 Å². The molecule has 0 saturated carbocycles. The molecule has 0 radical (unpaired) electrons. The highest BCUT2D eigenvalue weighted by atomic mass is 16.5. The van der Waals surface area contributed by atoms with Gasteiger partial charge in [0.25, 0.3) is 11.8 Å². The summed E-state index contributed by atoms with van der Waals surface area (Å²) in [6.07, 6.45) is 0.598. The number of hydrogen-bond donors (Lipinski definition) is 2. The van der Waals surface area contributed by atoms with Crippen LogP contribution in [0.5, 0.6) is 17.2 Å². The monoisotopic (exact) mass is 500 g/mol. The molecule has 0 saturated heterocycles. The number of nitrogens with one attached hydrogen (secondary N) is 2. The van der Waals surface area contributed by atoms with Crippen molar-refractivity contribution >= 4 is 17.5 Å². The van der Waals surface area contributed by atoms with E-state index in [0.29, 0.717) is 47.2 Å². The normalized spacial score (nSPS) is 10.4. The Morgan fingerprint density at radius 1 is 0.811 bits per heavy atom. The van der Waals surface area contributed by atoms with Gasteiger partial charge >= 0.3 is 0 Å². The van der Waals surface area contributed by atoms with Crippen molar-refractivity contribution in [1.29, 1.82) is 0 Å². The van der Waals surface area contributed by atoms with Gasteiger partial charge in [-0.05, 0) is 60.5 Å². The van der Waals surface area contributed by atoms with Crippen molar-refractivity contribution in [2.75, 3.05) is 26.1 Å². The summed E-state index contributed by atoms with van der Waals surface area (Å²) in [5.41, 5.74) is 1.72. The van der Waals surface area contributed by atoms with Gasteiger partial charge in [0.05, 0.1) is 25.5 Å². The lowest BCUT2D eigenvalue weighted by Gasteiger charge is -2.12. The van der Waals surface area contributed by atoms with Crippen LogP contribution in [-0.4, -0.2) is 32.6 Å². The number of furan rings is 1. The van der Waals surface area contributed by atoms with E-state index in [2.05, 4.69) is 10.6 Å². The minimum atomic E-state index is -0.462. The van der Waals surface area contributed by atoms with Crippen LogP contribution in [0.3, 0.4) is 0 Å². The number of para-hydroxylation sites is 2. The van der Waals surface area contributed by atoms with E-state index in [1.54, 1.807) is 50.6 Å². The van der Waals surface area contributed by atoms with Crippen LogP contribution in [-0.2, 0) is 13.0 Å². The van der Waals surface area contributed by atoms with Crippen LogP contribution >= 0.6 is 0 Å². The summed E-state index contributed by atoms with van der Waals surface area (Å²) in [5.74, 6) is 1.85. The molecule has 0 bridgehead atoms. The molecule has 0 spiro atoms. The van der Waals surface area contributed by atoms with Crippen molar-refractivity contribution in [1.82, 2.24) is 5.32 Å². The minimum absolute atomic E-state index is 0.121. The lowest BCUT2D eigenvalue weighted by atomic mass is 10.1. The van der Waals surface area contributed by atoms with E-state index in [1.807, 2.05) is 48.5 Å². The van der Waals surface area contributed by atoms with Gasteiger partial charge in [0, 0.05) is 6.54 Å². The lowest BCUT2D eigenvalue weighted by Crippen LogP contribution is -2.27. The second kappa shape index (κ2) is 12.3. The molecule has 2 N–H and O–H groups in total. The van der Waals surface area contributed by atoms with Crippen molar-refractivity contribution in [2.24, 2.45) is 0 Å². The highest BCUT2D eigenvalue weighted by Gasteiger charge is 2.17. The summed E-state index contributed by atoms with van der Waals surface area (Å²) < 4.78 is 21.9. The Labute approximate surface area is 215 Å². The molecule has 3 aromatic carbocycles. The highest BCUT2D eigenvalue weighted by Crippen LogP contribution is 2.27. The van der Waals surface area contributed by atoms with Crippen LogP contribution in [0.2, 0.25) is 0 Å². The Kier molecular flexibility index (Phi) is 8.44. The molecular weight excluding hydrogens is 472 g/mol. The largest absolute Gasteiger partial charge is 0.493 e. The Morgan fingerprint density at radius 3 is 2.35 bits per heavy atom. The number of hydrogen-bond acceptors (Lipinski definition) is 6. The van der Waals surface area contributed by atoms with Crippen molar-refractivity contribution in [3.05, 3.63) is 108 Å². The van der Waals surface area contributed by atoms with Gasteiger partial charge in [0.15, 0.2) is 17.3 Å². The van der Waals surface area contributed by atoms with Crippen LogP contribution < -0.4 is 24.8 Å². The summed E-state index contributed by atoms with van der Waals surface area (Å²) >= 11 is 0. The fraction of sp³-hybridized carbons (Fsp3) is 0.172. The zero-order chi connectivity index (χ0) is 26.0. The topological polar surface area (TPSA) is 99.0 Å². The Bertz CT molecular complexity index is 1350. The second-order valence-corrected chi connectivity index (χ2v) is 8.06. The first-order chi connectivity index (χ1) is 18.1. The summed E-state index contributed by atoms with van der Waals surface area (Å²) in [5, 5.41) is 5.67. The standard InChI is InChI=1S/C29H28N2O6/c1-34-25-14-12-20(18-27(25)35-2)16-17-30-28(32)23-10-6-7-11-24(23)31-29(33)26-15-13-22(37-26)19-36-21-8-4-3-5-9-21/h3-15,18H,16-17,19H2,1-2H3,(H,30,32)(H,31,33). The molecule has 37 heavy (non-hydrogen) atoms. The SMILES string of the molecule is COc1ccc(CCNC(=O)c2ccccc2NC(=O)c2ccc(COc3ccccc3)o2)cc1OC. The molecule has 4 aromatic rings. The van der Waals surface area contributed by atoms with E-state index >= 15 is 0 Å². The molecule has 190 valence electrons. The molecule has 0 aliphatic heterocycles. The molecule has 8 heteroatoms. The second-order valence-electron chi connectivity index (χ2n) is 8.06. The highest BCUT2D eigenvalue weighted by molar-refractivity contribution is 6.07. The molecule has 1 aromatic heterocycles. The molecule has 4 rings (SSSR count). The molecule has 8 nitrogen and oxygen atoms in total. The summed E-state index contributed by atoms with van der Waals surface area (Å²) in [4.78, 5) is 25.7. The molecule has 0 fully saturated rings. The van der Waals surface area contributed by atoms with E-state index in [-0.39, 0.29) is 18.3 Å². The quantitative estimate of drug-likeness (QED) is 0.297. The first-order valence-electron chi connectivity index (χ1n) is 11.7. The predicted molar refractivity (Wildman–Crippen MR) is 139 cm³/mol. The van der Waals surface area contributed by atoms with Gasteiger partial charge in [-0.25, -0.2) is 0 Å². The van der Waals surface area contributed by atoms with E-state index < -0.39 is 5.91 Å². The first-order valence-corrected chi connectivity index (χ1v) is 11.7. The van der Waals surface area contributed by atoms with Gasteiger partial charge in [-0.3, -0.25) is 9.59 Å². The fourth-order valence-electron chi connectivity index (χ4n) is 3.67. The average molecular weight is 501 g/mol. The van der Waals surface area contributed by atoms with Gasteiger partial charge in [-0.2, -0.15) is 0 Å². The zero-order valence-corrected chi connectivity index (χ0v) is 20.7. The van der Waals surface area contributed by atoms with Crippen molar-refractivity contribution in [3.8, 4) is 17.2 Å². The summed E-state index contributed by atoms with van der Waals surface area (Å²) in [6, 6.07) is 25.0. The third-order valence-corrected chi connectivity index (χ3v) is 5.58. The predicted octanol–water partition coefficient (Wildman–Crippen LogP) is 5.10. The number of amides is 2. The van der Waals surface area contributed by atoms with Crippen LogP contribution in [0.15, 0.2) is 89.3 Å². The van der Waals surface area contributed by atoms with E-state index in [4.69, 9.17) is 18.6 Å². The Morgan fingerprint density at radius 2 is 1.57 bits per heavy atom. The van der Waals surface area contributed by atoms with Gasteiger partial charge in [0.1, 0.15) is 18.1 Å². The number of anilines is 1. The van der Waals surface area contributed by atoms with Crippen molar-refractivity contribution < 1.29 is 28.2 Å². The van der Waals surface area contributed by atoms with Crippen molar-refractivity contribution in [2.45, 2.75) is 13.0 Å². The molecule has 2 amide bonds. The summed E-state index contributed by atoms with van der Waals surface area (Å²) in [7, 11) is 3.16. The molecule has 1 heterocycles. The van der Waals surface area contributed by atoms with Crippen LogP contribution in [0.25, 0.3) is 0 Å². The maximum Gasteiger partial charge on any atom is 0.291 e. The molecule has 0 atom stereocenters. The van der Waals surface area contributed by atoms with E-state index in [0.717, 1.165) is 5.56 Å². The maximum atomic E-state index is 12.9. The third kappa shape index (κ3) is 6.70. The van der Waals surface area contributed by atoms with Crippen LogP contribution in [0, 0.1) is 0 Å². The van der Waals surface area contributed by atoms with Crippen LogP contribution in [0.1, 0.15) is 32.2 Å². The molecular formula is C29H28N2O6. The molecule has 0 aliphatic carbocycles. The smallest absolute Gasteiger partial charge is 0.291 e. The van der Waals surface area contributed by atoms with Gasteiger partial charge in [0.2, 0.25) is 0 Å². The van der Waals surface area contributed by atoms with Gasteiger partial charge < -0.3 is 29.3 Å². The maximum absolute atomic E-state index is 12.9. The fourth-order valence-corrected chi connectivity index (χ4v) is 3.67. The lowest BCUT2D eigenvalue weighted by molar-refractivity contribution is 0.0955. The Balaban J connectivity index is 1.34. The number of carbonyl (C=O) groups is 2. The van der Waals surface area contributed by atoms with Crippen LogP contribution in [0.4, 0.5) is 5.69 Å². The van der Waals surface area contributed by atoms with E-state index in [1.165, 1.54) is 0 Å². The number of carbonyl (C=O) groups excluding carboxylic acids is 2. The number of methoxy groups -OCH3 is 2. The van der Waals surface area contributed by atoms with Crippen molar-refractivity contribution in [3.63, 3.8) is 0 Å². The molecule has 0 unspecified atom stereocenters. The molecule has 0 aliphatic rings. The van der Waals surface area contributed by atoms with E-state index in [9.17, 15) is 9.59 Å². The average Bonchev–Trinajstić information content (AvgIpc) is 3.42.